The van der Waals surface area contributed by atoms with Gasteiger partial charge < -0.3 is 19.7 Å². The molecule has 1 aliphatic rings. The van der Waals surface area contributed by atoms with Crippen molar-refractivity contribution in [2.45, 2.75) is 52.3 Å². The molecule has 0 saturated carbocycles. The lowest BCUT2D eigenvalue weighted by atomic mass is 10.0. The fourth-order valence-electron chi connectivity index (χ4n) is 3.10. The number of amides is 1. The van der Waals surface area contributed by atoms with Crippen molar-refractivity contribution in [3.63, 3.8) is 0 Å². The predicted molar refractivity (Wildman–Crippen MR) is 99.7 cm³/mol. The summed E-state index contributed by atoms with van der Waals surface area (Å²) in [6.07, 6.45) is -0.400. The molecule has 2 rings (SSSR count). The molecule has 1 aromatic rings. The number of hydrogen-bond donors (Lipinski definition) is 1. The summed E-state index contributed by atoms with van der Waals surface area (Å²) >= 11 is 0. The summed E-state index contributed by atoms with van der Waals surface area (Å²) in [5.41, 5.74) is 0.560. The zero-order chi connectivity index (χ0) is 19.3. The molecule has 1 aromatic carbocycles. The van der Waals surface area contributed by atoms with Gasteiger partial charge in [0, 0.05) is 25.2 Å². The van der Waals surface area contributed by atoms with Crippen LogP contribution in [0.3, 0.4) is 0 Å². The molecule has 1 aliphatic heterocycles. The summed E-state index contributed by atoms with van der Waals surface area (Å²) in [4.78, 5) is 26.4. The van der Waals surface area contributed by atoms with Crippen LogP contribution in [0.2, 0.25) is 0 Å². The van der Waals surface area contributed by atoms with E-state index in [1.54, 1.807) is 11.8 Å². The molecule has 1 amide bonds. The first kappa shape index (κ1) is 20.2. The number of nitrogens with one attached hydrogen (secondary N) is 1. The minimum absolute atomic E-state index is 0.0525. The van der Waals surface area contributed by atoms with Crippen LogP contribution in [0.4, 0.5) is 4.79 Å². The van der Waals surface area contributed by atoms with Crippen molar-refractivity contribution in [3.05, 3.63) is 35.9 Å². The Morgan fingerprint density at radius 1 is 1.23 bits per heavy atom. The molecule has 0 spiro atoms. The van der Waals surface area contributed by atoms with Crippen LogP contribution in [0.15, 0.2) is 30.3 Å². The second-order valence-corrected chi connectivity index (χ2v) is 7.65. The van der Waals surface area contributed by atoms with Gasteiger partial charge in [-0.05, 0) is 40.2 Å². The minimum atomic E-state index is -0.570. The number of ether oxygens (including phenoxy) is 2. The van der Waals surface area contributed by atoms with Crippen LogP contribution in [-0.2, 0) is 14.3 Å². The SMILES string of the molecule is CCOC(=O)[C@@H]1CN(C(=O)OC(C)(C)C)C[C@H]1N[C@H](C)c1ccccc1. The molecule has 0 radical (unpaired) electrons. The molecule has 0 aromatic heterocycles. The van der Waals surface area contributed by atoms with Gasteiger partial charge in [0.15, 0.2) is 0 Å². The first-order valence-corrected chi connectivity index (χ1v) is 9.17. The van der Waals surface area contributed by atoms with Crippen molar-refractivity contribution in [2.75, 3.05) is 19.7 Å². The molecule has 1 fully saturated rings. The Balaban J connectivity index is 2.10. The van der Waals surface area contributed by atoms with E-state index in [0.29, 0.717) is 19.7 Å². The maximum atomic E-state index is 12.4. The first-order valence-electron chi connectivity index (χ1n) is 9.17. The number of carbonyl (C=O) groups is 2. The molecule has 6 nitrogen and oxygen atoms in total. The van der Waals surface area contributed by atoms with Gasteiger partial charge in [-0.1, -0.05) is 30.3 Å². The molecule has 1 N–H and O–H groups in total. The van der Waals surface area contributed by atoms with E-state index in [1.165, 1.54) is 0 Å². The number of benzene rings is 1. The van der Waals surface area contributed by atoms with Crippen molar-refractivity contribution >= 4 is 12.1 Å². The monoisotopic (exact) mass is 362 g/mol. The number of hydrogen-bond acceptors (Lipinski definition) is 5. The van der Waals surface area contributed by atoms with Gasteiger partial charge in [-0.15, -0.1) is 0 Å². The molecule has 3 atom stereocenters. The standard InChI is InChI=1S/C20H30N2O4/c1-6-25-18(23)16-12-22(19(24)26-20(3,4)5)13-17(16)21-14(2)15-10-8-7-9-11-15/h7-11,14,16-17,21H,6,12-13H2,1-5H3/t14-,16-,17-/m1/s1. The third-order valence-corrected chi connectivity index (χ3v) is 4.32. The smallest absolute Gasteiger partial charge is 0.410 e. The van der Waals surface area contributed by atoms with E-state index >= 15 is 0 Å². The van der Waals surface area contributed by atoms with E-state index in [1.807, 2.05) is 58.0 Å². The molecule has 1 saturated heterocycles. The third kappa shape index (κ3) is 5.46. The highest BCUT2D eigenvalue weighted by molar-refractivity contribution is 5.77. The van der Waals surface area contributed by atoms with Gasteiger partial charge in [-0.25, -0.2) is 4.79 Å². The molecular formula is C20H30N2O4. The molecule has 26 heavy (non-hydrogen) atoms. The summed E-state index contributed by atoms with van der Waals surface area (Å²) in [5, 5.41) is 3.48. The normalized spacial score (nSPS) is 21.3. The second kappa shape index (κ2) is 8.54. The Morgan fingerprint density at radius 2 is 1.88 bits per heavy atom. The fourth-order valence-corrected chi connectivity index (χ4v) is 3.10. The van der Waals surface area contributed by atoms with E-state index in [2.05, 4.69) is 5.32 Å². The van der Waals surface area contributed by atoms with E-state index in [0.717, 1.165) is 5.56 Å². The van der Waals surface area contributed by atoms with Crippen LogP contribution in [-0.4, -0.2) is 48.3 Å². The third-order valence-electron chi connectivity index (χ3n) is 4.32. The minimum Gasteiger partial charge on any atom is -0.466 e. The number of likely N-dealkylation sites (tertiary alicyclic amines) is 1. The van der Waals surface area contributed by atoms with Gasteiger partial charge in [0.05, 0.1) is 12.5 Å². The van der Waals surface area contributed by atoms with Crippen LogP contribution < -0.4 is 5.32 Å². The maximum absolute atomic E-state index is 12.4. The van der Waals surface area contributed by atoms with E-state index in [9.17, 15) is 9.59 Å². The van der Waals surface area contributed by atoms with E-state index in [4.69, 9.17) is 9.47 Å². The summed E-state index contributed by atoms with van der Waals surface area (Å²) in [7, 11) is 0. The topological polar surface area (TPSA) is 67.9 Å². The number of carbonyl (C=O) groups excluding carboxylic acids is 2. The van der Waals surface area contributed by atoms with Crippen molar-refractivity contribution in [1.29, 1.82) is 0 Å². The summed E-state index contributed by atoms with van der Waals surface area (Å²) < 4.78 is 10.7. The Morgan fingerprint density at radius 3 is 2.46 bits per heavy atom. The number of rotatable bonds is 5. The van der Waals surface area contributed by atoms with Crippen molar-refractivity contribution in [3.8, 4) is 0 Å². The van der Waals surface area contributed by atoms with Gasteiger partial charge in [0.25, 0.3) is 0 Å². The van der Waals surface area contributed by atoms with Crippen LogP contribution in [0.1, 0.15) is 46.2 Å². The van der Waals surface area contributed by atoms with Crippen molar-refractivity contribution in [2.24, 2.45) is 5.92 Å². The Labute approximate surface area is 155 Å². The highest BCUT2D eigenvalue weighted by Crippen LogP contribution is 2.24. The van der Waals surface area contributed by atoms with Crippen LogP contribution in [0.5, 0.6) is 0 Å². The van der Waals surface area contributed by atoms with E-state index < -0.39 is 17.6 Å². The highest BCUT2D eigenvalue weighted by Gasteiger charge is 2.42. The Kier molecular flexibility index (Phi) is 6.64. The molecule has 6 heteroatoms. The van der Waals surface area contributed by atoms with Crippen LogP contribution >= 0.6 is 0 Å². The molecule has 0 bridgehead atoms. The zero-order valence-corrected chi connectivity index (χ0v) is 16.3. The van der Waals surface area contributed by atoms with Gasteiger partial charge >= 0.3 is 12.1 Å². The van der Waals surface area contributed by atoms with Gasteiger partial charge in [0.1, 0.15) is 5.60 Å². The zero-order valence-electron chi connectivity index (χ0n) is 16.3. The van der Waals surface area contributed by atoms with Gasteiger partial charge in [-0.3, -0.25) is 4.79 Å². The van der Waals surface area contributed by atoms with E-state index in [-0.39, 0.29) is 18.1 Å². The average molecular weight is 362 g/mol. The maximum Gasteiger partial charge on any atom is 0.410 e. The van der Waals surface area contributed by atoms with Crippen LogP contribution in [0, 0.1) is 5.92 Å². The summed E-state index contributed by atoms with van der Waals surface area (Å²) in [6, 6.07) is 9.89. The number of nitrogens with zero attached hydrogens (tertiary/aromatic N) is 1. The Hall–Kier alpha value is -2.08. The average Bonchev–Trinajstić information content (AvgIpc) is 2.98. The predicted octanol–water partition coefficient (Wildman–Crippen LogP) is 3.14. The lowest BCUT2D eigenvalue weighted by molar-refractivity contribution is -0.148. The molecular weight excluding hydrogens is 332 g/mol. The lowest BCUT2D eigenvalue weighted by Crippen LogP contribution is -2.41. The molecule has 0 unspecified atom stereocenters. The number of esters is 1. The summed E-state index contributed by atoms with van der Waals surface area (Å²) in [6.45, 7) is 10.4. The largest absolute Gasteiger partial charge is 0.466 e. The van der Waals surface area contributed by atoms with Gasteiger partial charge in [-0.2, -0.15) is 0 Å². The summed E-state index contributed by atoms with van der Waals surface area (Å²) in [5.74, 6) is -0.690. The van der Waals surface area contributed by atoms with Crippen molar-refractivity contribution in [1.82, 2.24) is 10.2 Å². The molecule has 1 heterocycles. The van der Waals surface area contributed by atoms with Crippen molar-refractivity contribution < 1.29 is 19.1 Å². The van der Waals surface area contributed by atoms with Gasteiger partial charge in [0.2, 0.25) is 0 Å². The second-order valence-electron chi connectivity index (χ2n) is 7.65. The lowest BCUT2D eigenvalue weighted by Gasteiger charge is -2.25. The van der Waals surface area contributed by atoms with Crippen LogP contribution in [0.25, 0.3) is 0 Å². The molecule has 0 aliphatic carbocycles. The molecule has 144 valence electrons. The first-order chi connectivity index (χ1) is 12.2. The quantitative estimate of drug-likeness (QED) is 0.815. The highest BCUT2D eigenvalue weighted by atomic mass is 16.6. The Bertz CT molecular complexity index is 612. The fraction of sp³-hybridized carbons (Fsp3) is 0.600.